The molecule has 3 unspecified atom stereocenters. The predicted molar refractivity (Wildman–Crippen MR) is 300 cm³/mol. The van der Waals surface area contributed by atoms with Crippen molar-refractivity contribution in [2.75, 3.05) is 40.9 Å². The first-order chi connectivity index (χ1) is 33.5. The number of nitrogens with one attached hydrogen (secondary N) is 1. The zero-order chi connectivity index (χ0) is 50.6. The lowest BCUT2D eigenvalue weighted by molar-refractivity contribution is -0.870. The highest BCUT2D eigenvalue weighted by Gasteiger charge is 2.27. The molecule has 0 fully saturated rings. The number of aliphatic hydroxyl groups excluding tert-OH is 1. The molecule has 408 valence electrons. The molecule has 0 aromatic carbocycles. The maximum atomic E-state index is 13.0. The molecule has 0 aromatic rings. The van der Waals surface area contributed by atoms with E-state index < -0.39 is 20.0 Å². The summed E-state index contributed by atoms with van der Waals surface area (Å²) in [6, 6.07) is -0.864. The summed E-state index contributed by atoms with van der Waals surface area (Å²) in [5, 5.41) is 13.9. The molecule has 0 aliphatic rings. The Hall–Kier alpha value is -1.28. The molecule has 0 aliphatic carbocycles. The highest BCUT2D eigenvalue weighted by atomic mass is 31.2. The van der Waals surface area contributed by atoms with E-state index in [9.17, 15) is 19.4 Å². The first-order valence-electron chi connectivity index (χ1n) is 29.9. The molecule has 0 saturated carbocycles. The van der Waals surface area contributed by atoms with Gasteiger partial charge in [-0.15, -0.1) is 0 Å². The number of rotatable bonds is 55. The van der Waals surface area contributed by atoms with Crippen LogP contribution in [0.2, 0.25) is 0 Å². The summed E-state index contributed by atoms with van der Waals surface area (Å²) < 4.78 is 23.7. The van der Waals surface area contributed by atoms with E-state index in [1.807, 2.05) is 27.2 Å². The van der Waals surface area contributed by atoms with Gasteiger partial charge in [0, 0.05) is 6.42 Å². The number of aliphatic hydroxyl groups is 1. The molecular formula is C60H118N2O6P+. The molecule has 1 amide bonds. The summed E-state index contributed by atoms with van der Waals surface area (Å²) >= 11 is 0. The first kappa shape index (κ1) is 67.7. The van der Waals surface area contributed by atoms with Gasteiger partial charge >= 0.3 is 7.82 Å². The fraction of sp³-hybridized carbons (Fsp3) is 0.883. The zero-order valence-electron chi connectivity index (χ0n) is 46.6. The Balaban J connectivity index is 4.21. The van der Waals surface area contributed by atoms with E-state index >= 15 is 0 Å². The van der Waals surface area contributed by atoms with Gasteiger partial charge in [-0.1, -0.05) is 262 Å². The van der Waals surface area contributed by atoms with Crippen molar-refractivity contribution in [1.29, 1.82) is 0 Å². The number of carbonyl (C=O) groups excluding carboxylic acids is 1. The summed E-state index contributed by atoms with van der Waals surface area (Å²) in [5.74, 6) is -0.185. The molecule has 0 saturated heterocycles. The van der Waals surface area contributed by atoms with Crippen LogP contribution in [0.15, 0.2) is 36.5 Å². The molecule has 0 aliphatic heterocycles. The molecule has 0 radical (unpaired) electrons. The summed E-state index contributed by atoms with van der Waals surface area (Å²) in [6.45, 7) is 4.83. The van der Waals surface area contributed by atoms with Crippen LogP contribution in [0.4, 0.5) is 0 Å². The van der Waals surface area contributed by atoms with Crippen LogP contribution in [0, 0.1) is 0 Å². The van der Waals surface area contributed by atoms with Crippen molar-refractivity contribution in [3.05, 3.63) is 36.5 Å². The number of carbonyl (C=O) groups is 1. The molecule has 9 heteroatoms. The van der Waals surface area contributed by atoms with E-state index in [-0.39, 0.29) is 19.1 Å². The van der Waals surface area contributed by atoms with Gasteiger partial charge in [-0.25, -0.2) is 4.57 Å². The summed E-state index contributed by atoms with van der Waals surface area (Å²) in [7, 11) is 1.56. The SMILES string of the molecule is CCCCCCCCCCCCCC/C=C\CCCCCCCCCCCCC(=O)NC(COP(=O)(O)OCC[N+](C)(C)C)C(O)/C=C/CC/C=C/CCCCCCCCCCCCCCCCC. The maximum absolute atomic E-state index is 13.0. The topological polar surface area (TPSA) is 105 Å². The fourth-order valence-electron chi connectivity index (χ4n) is 8.88. The van der Waals surface area contributed by atoms with Crippen molar-refractivity contribution in [3.8, 4) is 0 Å². The zero-order valence-corrected chi connectivity index (χ0v) is 47.5. The van der Waals surface area contributed by atoms with Gasteiger partial charge in [-0.3, -0.25) is 13.8 Å². The van der Waals surface area contributed by atoms with Gasteiger partial charge in [0.2, 0.25) is 5.91 Å². The monoisotopic (exact) mass is 994 g/mol. The second-order valence-corrected chi connectivity index (χ2v) is 23.2. The lowest BCUT2D eigenvalue weighted by Crippen LogP contribution is -2.45. The van der Waals surface area contributed by atoms with Gasteiger partial charge in [0.15, 0.2) is 0 Å². The molecule has 0 bridgehead atoms. The first-order valence-corrected chi connectivity index (χ1v) is 31.4. The lowest BCUT2D eigenvalue weighted by atomic mass is 10.0. The number of quaternary nitrogens is 1. The molecule has 0 spiro atoms. The largest absolute Gasteiger partial charge is 0.472 e. The number of likely N-dealkylation sites (N-methyl/N-ethyl adjacent to an activating group) is 1. The second kappa shape index (κ2) is 51.6. The highest BCUT2D eigenvalue weighted by molar-refractivity contribution is 7.47. The van der Waals surface area contributed by atoms with Crippen LogP contribution in [-0.4, -0.2) is 73.4 Å². The van der Waals surface area contributed by atoms with Gasteiger partial charge in [-0.2, -0.15) is 0 Å². The van der Waals surface area contributed by atoms with Gasteiger partial charge in [0.1, 0.15) is 13.2 Å². The molecule has 0 rings (SSSR count). The van der Waals surface area contributed by atoms with Crippen LogP contribution in [-0.2, 0) is 18.4 Å². The maximum Gasteiger partial charge on any atom is 0.472 e. The molecule has 3 N–H and O–H groups in total. The van der Waals surface area contributed by atoms with E-state index in [0.29, 0.717) is 17.4 Å². The van der Waals surface area contributed by atoms with Crippen molar-refractivity contribution >= 4 is 13.7 Å². The minimum atomic E-state index is -4.36. The summed E-state index contributed by atoms with van der Waals surface area (Å²) in [6.07, 6.45) is 66.8. The lowest BCUT2D eigenvalue weighted by Gasteiger charge is -2.25. The summed E-state index contributed by atoms with van der Waals surface area (Å²) in [4.78, 5) is 23.3. The van der Waals surface area contributed by atoms with Crippen LogP contribution in [0.1, 0.15) is 290 Å². The predicted octanol–water partition coefficient (Wildman–Crippen LogP) is 18.2. The van der Waals surface area contributed by atoms with Gasteiger partial charge < -0.3 is 19.8 Å². The van der Waals surface area contributed by atoms with Crippen molar-refractivity contribution in [3.63, 3.8) is 0 Å². The molecule has 3 atom stereocenters. The Morgan fingerprint density at radius 2 is 0.797 bits per heavy atom. The van der Waals surface area contributed by atoms with Crippen LogP contribution in [0.5, 0.6) is 0 Å². The van der Waals surface area contributed by atoms with E-state index in [0.717, 1.165) is 38.5 Å². The highest BCUT2D eigenvalue weighted by Crippen LogP contribution is 2.43. The molecule has 69 heavy (non-hydrogen) atoms. The van der Waals surface area contributed by atoms with E-state index in [1.165, 1.54) is 231 Å². The van der Waals surface area contributed by atoms with Crippen LogP contribution in [0.3, 0.4) is 0 Å². The van der Waals surface area contributed by atoms with Crippen molar-refractivity contribution in [2.24, 2.45) is 0 Å². The Morgan fingerprint density at radius 1 is 0.478 bits per heavy atom. The molecule has 8 nitrogen and oxygen atoms in total. The minimum Gasteiger partial charge on any atom is -0.387 e. The Labute approximate surface area is 429 Å². The number of allylic oxidation sites excluding steroid dienone is 5. The van der Waals surface area contributed by atoms with Crippen molar-refractivity contribution in [1.82, 2.24) is 5.32 Å². The third-order valence-electron chi connectivity index (χ3n) is 13.6. The van der Waals surface area contributed by atoms with Crippen LogP contribution >= 0.6 is 7.82 Å². The van der Waals surface area contributed by atoms with Crippen molar-refractivity contribution in [2.45, 2.75) is 302 Å². The molecule has 0 heterocycles. The quantitative estimate of drug-likeness (QED) is 0.0243. The Bertz CT molecular complexity index is 1220. The van der Waals surface area contributed by atoms with E-state index in [1.54, 1.807) is 6.08 Å². The fourth-order valence-corrected chi connectivity index (χ4v) is 9.61. The smallest absolute Gasteiger partial charge is 0.387 e. The van der Waals surface area contributed by atoms with Crippen LogP contribution in [0.25, 0.3) is 0 Å². The van der Waals surface area contributed by atoms with Gasteiger partial charge in [0.05, 0.1) is 39.9 Å². The van der Waals surface area contributed by atoms with Gasteiger partial charge in [0.25, 0.3) is 0 Å². The summed E-state index contributed by atoms with van der Waals surface area (Å²) in [5.41, 5.74) is 0. The number of hydrogen-bond acceptors (Lipinski definition) is 5. The van der Waals surface area contributed by atoms with E-state index in [2.05, 4.69) is 43.5 Å². The number of nitrogens with zero attached hydrogens (tertiary/aromatic N) is 1. The molecule has 0 aromatic heterocycles. The standard InChI is InChI=1S/C60H117N2O6P/c1-6-8-10-12-14-16-18-20-22-24-26-28-29-30-31-32-34-36-38-40-42-44-46-48-50-52-54-60(64)61-58(57-68-69(65,66)67-56-55-62(3,4)5)59(63)53-51-49-47-45-43-41-39-37-35-33-27-25-23-21-19-17-15-13-11-9-7-2/h30-31,43,45,51,53,58-59,63H,6-29,32-42,44,46-50,52,54-57H2,1-5H3,(H-,61,64,65,66)/p+1/b31-30-,45-43+,53-51+. The molecular weight excluding hydrogens is 876 g/mol. The number of phosphoric ester groups is 1. The third-order valence-corrected chi connectivity index (χ3v) is 14.6. The average Bonchev–Trinajstić information content (AvgIpc) is 3.31. The van der Waals surface area contributed by atoms with E-state index in [4.69, 9.17) is 9.05 Å². The number of amides is 1. The van der Waals surface area contributed by atoms with Crippen LogP contribution < -0.4 is 5.32 Å². The third kappa shape index (κ3) is 54.3. The normalized spacial score (nSPS) is 14.1. The number of unbranched alkanes of at least 4 members (excludes halogenated alkanes) is 38. The van der Waals surface area contributed by atoms with Gasteiger partial charge in [-0.05, 0) is 57.8 Å². The Kier molecular flexibility index (Phi) is 50.7. The number of hydrogen-bond donors (Lipinski definition) is 3. The second-order valence-electron chi connectivity index (χ2n) is 21.7. The number of phosphoric acid groups is 1. The minimum absolute atomic E-state index is 0.0567. The Morgan fingerprint density at radius 3 is 1.16 bits per heavy atom. The van der Waals surface area contributed by atoms with Crippen molar-refractivity contribution < 1.29 is 32.9 Å². The average molecular weight is 995 g/mol.